The minimum absolute atomic E-state index is 0. The molecule has 4 unspecified atom stereocenters. The molecule has 59 heavy (non-hydrogen) atoms. The van der Waals surface area contributed by atoms with Crippen molar-refractivity contribution in [2.24, 2.45) is 0 Å². The summed E-state index contributed by atoms with van der Waals surface area (Å²) in [6.45, 7) is 5.91. The quantitative estimate of drug-likeness (QED) is 0.0501. The molecule has 9 heteroatoms. The maximum absolute atomic E-state index is 10.4. The largest absolute Gasteiger partial charge is 2.00 e. The van der Waals surface area contributed by atoms with Crippen LogP contribution >= 0.6 is 0 Å². The molecule has 0 aliphatic carbocycles. The van der Waals surface area contributed by atoms with Gasteiger partial charge in [0.1, 0.15) is 0 Å². The standard InChI is InChI=1S/2C25H42O4.Ba/c2*1-2-3-11-18-23(29-21-22-16-12-10-13-17-22)19-14-8-6-4-5-7-9-15-20-24(26)25(27)28;/h2*10,12-13,16-17,23-24,26H,2-9,11,14-15,18-21H2,1H3,(H,27,28);/q;;+2/p-2. The van der Waals surface area contributed by atoms with Crippen LogP contribution in [0.5, 0.6) is 0 Å². The van der Waals surface area contributed by atoms with Gasteiger partial charge >= 0.3 is 48.9 Å². The molecule has 0 saturated carbocycles. The number of aliphatic hydroxyl groups excluding tert-OH is 2. The molecule has 0 aliphatic heterocycles. The average molecular weight is 949 g/mol. The first-order chi connectivity index (χ1) is 28.3. The number of hydrogen-bond donors (Lipinski definition) is 2. The van der Waals surface area contributed by atoms with Gasteiger partial charge in [-0.05, 0) is 49.7 Å². The summed E-state index contributed by atoms with van der Waals surface area (Å²) >= 11 is 0. The number of rotatable bonds is 38. The molecule has 0 aromatic heterocycles. The zero-order chi connectivity index (χ0) is 42.3. The molecule has 0 saturated heterocycles. The van der Waals surface area contributed by atoms with Gasteiger partial charge in [-0.15, -0.1) is 0 Å². The van der Waals surface area contributed by atoms with E-state index in [1.807, 2.05) is 12.1 Å². The number of benzene rings is 2. The number of ether oxygens (including phenoxy) is 2. The van der Waals surface area contributed by atoms with Gasteiger partial charge in [0.15, 0.2) is 0 Å². The van der Waals surface area contributed by atoms with Crippen LogP contribution < -0.4 is 10.2 Å². The maximum atomic E-state index is 10.4. The van der Waals surface area contributed by atoms with E-state index in [4.69, 9.17) is 19.7 Å². The van der Waals surface area contributed by atoms with Crippen molar-refractivity contribution < 1.29 is 39.5 Å². The van der Waals surface area contributed by atoms with Crippen molar-refractivity contribution in [1.29, 1.82) is 0 Å². The number of aliphatic carboxylic acids is 2. The van der Waals surface area contributed by atoms with E-state index in [9.17, 15) is 19.8 Å². The minimum Gasteiger partial charge on any atom is -0.547 e. The number of carboxylic acid groups (broad SMARTS) is 2. The molecular formula is C50H82BaO8. The van der Waals surface area contributed by atoms with E-state index in [2.05, 4.69) is 62.4 Å². The summed E-state index contributed by atoms with van der Waals surface area (Å²) in [7, 11) is 0. The summed E-state index contributed by atoms with van der Waals surface area (Å²) < 4.78 is 12.4. The second kappa shape index (κ2) is 42.1. The molecule has 332 valence electrons. The van der Waals surface area contributed by atoms with Crippen molar-refractivity contribution in [3.8, 4) is 0 Å². The Morgan fingerprint density at radius 1 is 0.441 bits per heavy atom. The summed E-state index contributed by atoms with van der Waals surface area (Å²) in [4.78, 5) is 20.9. The van der Waals surface area contributed by atoms with Crippen LogP contribution in [-0.4, -0.2) is 95.4 Å². The monoisotopic (exact) mass is 949 g/mol. The molecule has 2 aromatic carbocycles. The smallest absolute Gasteiger partial charge is 0.547 e. The van der Waals surface area contributed by atoms with E-state index in [0.717, 1.165) is 51.4 Å². The molecule has 0 fully saturated rings. The Bertz CT molecular complexity index is 1110. The third kappa shape index (κ3) is 36.0. The Morgan fingerprint density at radius 2 is 0.695 bits per heavy atom. The van der Waals surface area contributed by atoms with Gasteiger partial charge in [0.25, 0.3) is 0 Å². The number of carbonyl (C=O) groups excluding carboxylic acids is 2. The van der Waals surface area contributed by atoms with Crippen molar-refractivity contribution in [2.75, 3.05) is 0 Å². The van der Waals surface area contributed by atoms with E-state index in [1.54, 1.807) is 0 Å². The molecule has 2 aromatic rings. The second-order valence-electron chi connectivity index (χ2n) is 16.3. The second-order valence-corrected chi connectivity index (χ2v) is 16.3. The van der Waals surface area contributed by atoms with E-state index in [-0.39, 0.29) is 48.9 Å². The van der Waals surface area contributed by atoms with Crippen LogP contribution in [0, 0.1) is 0 Å². The van der Waals surface area contributed by atoms with Gasteiger partial charge in [-0.3, -0.25) is 0 Å². The molecule has 2 N–H and O–H groups in total. The van der Waals surface area contributed by atoms with Crippen LogP contribution in [0.4, 0.5) is 0 Å². The Labute approximate surface area is 400 Å². The van der Waals surface area contributed by atoms with Crippen molar-refractivity contribution in [1.82, 2.24) is 0 Å². The first-order valence-electron chi connectivity index (χ1n) is 23.4. The Balaban J connectivity index is 0.00000112. The Hall–Kier alpha value is -1.21. The number of carboxylic acids is 2. The fourth-order valence-corrected chi connectivity index (χ4v) is 7.22. The van der Waals surface area contributed by atoms with Crippen molar-refractivity contribution >= 4 is 60.8 Å². The third-order valence-corrected chi connectivity index (χ3v) is 11.0. The zero-order valence-electron chi connectivity index (χ0n) is 37.3. The summed E-state index contributed by atoms with van der Waals surface area (Å²) in [5.74, 6) is -2.71. The fourth-order valence-electron chi connectivity index (χ4n) is 7.22. The van der Waals surface area contributed by atoms with Crippen LogP contribution in [-0.2, 0) is 32.3 Å². The summed E-state index contributed by atoms with van der Waals surface area (Å²) in [6, 6.07) is 20.9. The van der Waals surface area contributed by atoms with E-state index < -0.39 is 24.1 Å². The predicted molar refractivity (Wildman–Crippen MR) is 238 cm³/mol. The average Bonchev–Trinajstić information content (AvgIpc) is 3.23. The number of unbranched alkanes of at least 4 members (excludes halogenated alkanes) is 18. The molecule has 2 rings (SSSR count). The van der Waals surface area contributed by atoms with Crippen molar-refractivity contribution in [2.45, 2.75) is 231 Å². The molecule has 0 amide bonds. The summed E-state index contributed by atoms with van der Waals surface area (Å²) in [6.07, 6.45) is 29.0. The van der Waals surface area contributed by atoms with Gasteiger partial charge in [0.05, 0.1) is 49.6 Å². The van der Waals surface area contributed by atoms with Crippen LogP contribution in [0.1, 0.15) is 205 Å². The first kappa shape index (κ1) is 57.8. The Kier molecular flexibility index (Phi) is 41.2. The number of hydrogen-bond acceptors (Lipinski definition) is 8. The topological polar surface area (TPSA) is 139 Å². The minimum atomic E-state index is -1.36. The van der Waals surface area contributed by atoms with Gasteiger partial charge in [0, 0.05) is 0 Å². The summed E-state index contributed by atoms with van der Waals surface area (Å²) in [5.41, 5.74) is 2.50. The molecular weight excluding hydrogens is 866 g/mol. The molecule has 0 bridgehead atoms. The van der Waals surface area contributed by atoms with Crippen LogP contribution in [0.3, 0.4) is 0 Å². The summed E-state index contributed by atoms with van der Waals surface area (Å²) in [5, 5.41) is 39.2. The SMILES string of the molecule is CCCCCC(CCCCCCCCCCC(O)C(=O)[O-])OCc1ccccc1.CCCCCC(CCCCCCCCCCC(O)C(=O)[O-])OCc1ccccc1.[Ba+2]. The molecule has 0 radical (unpaired) electrons. The van der Waals surface area contributed by atoms with Crippen molar-refractivity contribution in [3.05, 3.63) is 71.8 Å². The predicted octanol–water partition coefficient (Wildman–Crippen LogP) is 9.95. The third-order valence-electron chi connectivity index (χ3n) is 11.0. The van der Waals surface area contributed by atoms with Gasteiger partial charge < -0.3 is 39.5 Å². The number of aliphatic hydroxyl groups is 2. The van der Waals surface area contributed by atoms with Gasteiger partial charge in [-0.25, -0.2) is 0 Å². The number of carbonyl (C=O) groups is 2. The first-order valence-corrected chi connectivity index (χ1v) is 23.4. The van der Waals surface area contributed by atoms with Gasteiger partial charge in [0.2, 0.25) is 0 Å². The maximum Gasteiger partial charge on any atom is 2.00 e. The van der Waals surface area contributed by atoms with E-state index in [0.29, 0.717) is 38.3 Å². The fraction of sp³-hybridized carbons (Fsp3) is 0.720. The van der Waals surface area contributed by atoms with E-state index in [1.165, 1.54) is 127 Å². The zero-order valence-corrected chi connectivity index (χ0v) is 41.8. The van der Waals surface area contributed by atoms with Crippen molar-refractivity contribution in [3.63, 3.8) is 0 Å². The van der Waals surface area contributed by atoms with Crippen LogP contribution in [0.15, 0.2) is 60.7 Å². The molecule has 0 heterocycles. The van der Waals surface area contributed by atoms with Crippen LogP contribution in [0.25, 0.3) is 0 Å². The van der Waals surface area contributed by atoms with Crippen LogP contribution in [0.2, 0.25) is 0 Å². The molecule has 0 aliphatic rings. The normalized spacial score (nSPS) is 13.1. The Morgan fingerprint density at radius 3 is 0.966 bits per heavy atom. The van der Waals surface area contributed by atoms with E-state index >= 15 is 0 Å². The molecule has 8 nitrogen and oxygen atoms in total. The molecule has 4 atom stereocenters. The van der Waals surface area contributed by atoms with Gasteiger partial charge in [-0.1, -0.05) is 216 Å². The van der Waals surface area contributed by atoms with Gasteiger partial charge in [-0.2, -0.15) is 0 Å². The molecule has 0 spiro atoms.